The average Bonchev–Trinajstić information content (AvgIpc) is 2.96. The Morgan fingerprint density at radius 3 is 1.47 bits per heavy atom. The Morgan fingerprint density at radius 1 is 0.605 bits per heavy atom. The third kappa shape index (κ3) is 32.0. The van der Waals surface area contributed by atoms with E-state index < -0.39 is 28.0 Å². The maximum absolute atomic E-state index is 12.4. The molecule has 0 aliphatic heterocycles. The minimum atomic E-state index is -4.34. The number of carbonyl (C=O) groups excluding carboxylic acids is 1. The number of allylic oxidation sites excluding steroid dienone is 3. The molecular weight excluding hydrogens is 558 g/mol. The maximum Gasteiger partial charge on any atom is 0.267 e. The summed E-state index contributed by atoms with van der Waals surface area (Å²) in [7, 11) is -4.34. The largest absolute Gasteiger partial charge is 0.387 e. The molecule has 254 valence electrons. The van der Waals surface area contributed by atoms with Gasteiger partial charge in [-0.05, 0) is 32.1 Å². The zero-order chi connectivity index (χ0) is 31.9. The molecule has 0 aromatic carbocycles. The smallest absolute Gasteiger partial charge is 0.267 e. The number of hydrogen-bond donors (Lipinski definition) is 3. The second kappa shape index (κ2) is 30.8. The maximum atomic E-state index is 12.4. The fraction of sp³-hybridized carbons (Fsp3) is 0.861. The summed E-state index contributed by atoms with van der Waals surface area (Å²) in [5.74, 6) is -0.996. The number of hydrogen-bond acceptors (Lipinski definition) is 4. The third-order valence-electron chi connectivity index (χ3n) is 8.13. The molecule has 0 aromatic heterocycles. The van der Waals surface area contributed by atoms with Crippen LogP contribution in [0.2, 0.25) is 0 Å². The molecule has 43 heavy (non-hydrogen) atoms. The summed E-state index contributed by atoms with van der Waals surface area (Å²) in [5, 5.41) is 13.1. The lowest BCUT2D eigenvalue weighted by Crippen LogP contribution is -2.46. The molecule has 3 N–H and O–H groups in total. The van der Waals surface area contributed by atoms with E-state index in [-0.39, 0.29) is 5.91 Å². The zero-order valence-corrected chi connectivity index (χ0v) is 28.9. The van der Waals surface area contributed by atoms with Crippen molar-refractivity contribution in [2.75, 3.05) is 5.75 Å². The molecule has 6 nitrogen and oxygen atoms in total. The first-order valence-electron chi connectivity index (χ1n) is 18.0. The van der Waals surface area contributed by atoms with E-state index in [2.05, 4.69) is 31.3 Å². The fourth-order valence-corrected chi connectivity index (χ4v) is 6.14. The van der Waals surface area contributed by atoms with E-state index in [1.165, 1.54) is 128 Å². The lowest BCUT2D eigenvalue weighted by atomic mass is 10.0. The molecule has 0 radical (unpaired) electrons. The quantitative estimate of drug-likeness (QED) is 0.0391. The van der Waals surface area contributed by atoms with Crippen LogP contribution in [0.3, 0.4) is 0 Å². The molecule has 1 amide bonds. The second-order valence-electron chi connectivity index (χ2n) is 12.5. The van der Waals surface area contributed by atoms with Gasteiger partial charge in [-0.1, -0.05) is 167 Å². The molecule has 0 saturated carbocycles. The number of unbranched alkanes of at least 4 members (excludes halogenated alkanes) is 22. The highest BCUT2D eigenvalue weighted by molar-refractivity contribution is 7.85. The van der Waals surface area contributed by atoms with Gasteiger partial charge in [-0.15, -0.1) is 0 Å². The van der Waals surface area contributed by atoms with E-state index in [0.29, 0.717) is 12.8 Å². The first-order chi connectivity index (χ1) is 20.8. The molecule has 2 unspecified atom stereocenters. The van der Waals surface area contributed by atoms with Gasteiger partial charge in [0.15, 0.2) is 0 Å². The van der Waals surface area contributed by atoms with Gasteiger partial charge in [-0.2, -0.15) is 8.42 Å². The summed E-state index contributed by atoms with van der Waals surface area (Å²) < 4.78 is 32.2. The van der Waals surface area contributed by atoms with Crippen LogP contribution in [0.15, 0.2) is 24.3 Å². The van der Waals surface area contributed by atoms with Crippen molar-refractivity contribution in [2.45, 2.75) is 193 Å². The molecule has 0 rings (SSSR count). The van der Waals surface area contributed by atoms with Crippen LogP contribution in [0.4, 0.5) is 0 Å². The van der Waals surface area contributed by atoms with E-state index in [9.17, 15) is 22.9 Å². The summed E-state index contributed by atoms with van der Waals surface area (Å²) in [6.07, 6.45) is 37.5. The van der Waals surface area contributed by atoms with Gasteiger partial charge < -0.3 is 10.4 Å². The SMILES string of the molecule is CCCCC/C=C/CC/C=C/C(O)C(CS(=O)(=O)O)NC(=O)CCCCCCCCCCCCCCCCCCCCC. The molecule has 0 aliphatic carbocycles. The van der Waals surface area contributed by atoms with Crippen LogP contribution in [0.5, 0.6) is 0 Å². The monoisotopic (exact) mass is 627 g/mol. The van der Waals surface area contributed by atoms with Gasteiger partial charge in [-0.25, -0.2) is 0 Å². The molecular formula is C36H69NO5S. The first-order valence-corrected chi connectivity index (χ1v) is 19.6. The fourth-order valence-electron chi connectivity index (χ4n) is 5.41. The van der Waals surface area contributed by atoms with Gasteiger partial charge in [0.05, 0.1) is 17.9 Å². The Balaban J connectivity index is 3.88. The van der Waals surface area contributed by atoms with Crippen LogP contribution in [0, 0.1) is 0 Å². The van der Waals surface area contributed by atoms with E-state index in [1.54, 1.807) is 6.08 Å². The second-order valence-corrected chi connectivity index (χ2v) is 14.0. The van der Waals surface area contributed by atoms with Gasteiger partial charge >= 0.3 is 0 Å². The van der Waals surface area contributed by atoms with Crippen LogP contribution in [-0.4, -0.2) is 41.9 Å². The summed E-state index contributed by atoms with van der Waals surface area (Å²) in [6.45, 7) is 4.45. The highest BCUT2D eigenvalue weighted by Crippen LogP contribution is 2.15. The Kier molecular flexibility index (Phi) is 30.0. The van der Waals surface area contributed by atoms with Crippen molar-refractivity contribution < 1.29 is 22.9 Å². The van der Waals surface area contributed by atoms with Crippen molar-refractivity contribution in [3.8, 4) is 0 Å². The van der Waals surface area contributed by atoms with E-state index >= 15 is 0 Å². The average molecular weight is 628 g/mol. The van der Waals surface area contributed by atoms with Gasteiger partial charge in [0.1, 0.15) is 0 Å². The Bertz CT molecular complexity index is 781. The molecule has 0 heterocycles. The highest BCUT2D eigenvalue weighted by atomic mass is 32.2. The zero-order valence-electron chi connectivity index (χ0n) is 28.1. The summed E-state index contributed by atoms with van der Waals surface area (Å²) in [5.41, 5.74) is 0. The van der Waals surface area contributed by atoms with E-state index in [4.69, 9.17) is 0 Å². The molecule has 0 spiro atoms. The first kappa shape index (κ1) is 41.8. The molecule has 2 atom stereocenters. The van der Waals surface area contributed by atoms with E-state index in [1.807, 2.05) is 0 Å². The van der Waals surface area contributed by atoms with Crippen LogP contribution in [0.25, 0.3) is 0 Å². The van der Waals surface area contributed by atoms with Crippen molar-refractivity contribution in [3.63, 3.8) is 0 Å². The summed E-state index contributed by atoms with van der Waals surface area (Å²) in [4.78, 5) is 12.4. The topological polar surface area (TPSA) is 104 Å². The lowest BCUT2D eigenvalue weighted by molar-refractivity contribution is -0.122. The van der Waals surface area contributed by atoms with Crippen LogP contribution in [0.1, 0.15) is 181 Å². The third-order valence-corrected chi connectivity index (χ3v) is 8.91. The van der Waals surface area contributed by atoms with Crippen molar-refractivity contribution in [1.82, 2.24) is 5.32 Å². The Labute approximate surface area is 266 Å². The van der Waals surface area contributed by atoms with Gasteiger partial charge in [0.2, 0.25) is 5.91 Å². The number of nitrogens with one attached hydrogen (secondary N) is 1. The Morgan fingerprint density at radius 2 is 1.00 bits per heavy atom. The molecule has 0 fully saturated rings. The summed E-state index contributed by atoms with van der Waals surface area (Å²) in [6, 6.07) is -1.07. The Hall–Kier alpha value is -1.18. The standard InChI is InChI=1S/C36H69NO5S/c1-3-5-7-9-11-13-14-15-16-17-18-19-20-21-22-24-26-28-30-32-36(39)37-34(33-43(40,41)42)35(38)31-29-27-25-23-12-10-8-6-4-2/h12,23,29,31,34-35,38H,3-11,13-22,24-28,30,32-33H2,1-2H3,(H,37,39)(H,40,41,42)/b23-12+,31-29+. The number of carbonyl (C=O) groups is 1. The number of aliphatic hydroxyl groups excluding tert-OH is 1. The predicted molar refractivity (Wildman–Crippen MR) is 184 cm³/mol. The van der Waals surface area contributed by atoms with Crippen molar-refractivity contribution in [2.24, 2.45) is 0 Å². The molecule has 0 aromatic rings. The molecule has 0 aliphatic rings. The molecule has 0 bridgehead atoms. The number of amides is 1. The molecule has 7 heteroatoms. The van der Waals surface area contributed by atoms with Crippen molar-refractivity contribution >= 4 is 16.0 Å². The number of rotatable bonds is 32. The lowest BCUT2D eigenvalue weighted by Gasteiger charge is -2.21. The van der Waals surface area contributed by atoms with Crippen LogP contribution in [-0.2, 0) is 14.9 Å². The minimum absolute atomic E-state index is 0.289. The van der Waals surface area contributed by atoms with Crippen molar-refractivity contribution in [1.29, 1.82) is 0 Å². The number of aliphatic hydroxyl groups is 1. The minimum Gasteiger partial charge on any atom is -0.387 e. The van der Waals surface area contributed by atoms with E-state index in [0.717, 1.165) is 32.1 Å². The van der Waals surface area contributed by atoms with Gasteiger partial charge in [0.25, 0.3) is 10.1 Å². The molecule has 0 saturated heterocycles. The normalized spacial score (nSPS) is 13.7. The van der Waals surface area contributed by atoms with Crippen molar-refractivity contribution in [3.05, 3.63) is 24.3 Å². The highest BCUT2D eigenvalue weighted by Gasteiger charge is 2.24. The van der Waals surface area contributed by atoms with Crippen LogP contribution >= 0.6 is 0 Å². The van der Waals surface area contributed by atoms with Gasteiger partial charge in [-0.3, -0.25) is 9.35 Å². The predicted octanol–water partition coefficient (Wildman–Crippen LogP) is 10.0. The van der Waals surface area contributed by atoms with Crippen LogP contribution < -0.4 is 5.32 Å². The van der Waals surface area contributed by atoms with Gasteiger partial charge in [0, 0.05) is 6.42 Å². The summed E-state index contributed by atoms with van der Waals surface area (Å²) >= 11 is 0.